The van der Waals surface area contributed by atoms with Gasteiger partial charge in [0, 0.05) is 24.4 Å². The molecule has 2 aromatic heterocycles. The summed E-state index contributed by atoms with van der Waals surface area (Å²) in [7, 11) is -3.60. The number of H-pyrrole nitrogens is 1. The Kier molecular flexibility index (Phi) is 3.50. The van der Waals surface area contributed by atoms with Crippen LogP contribution in [0.15, 0.2) is 27.8 Å². The second-order valence-corrected chi connectivity index (χ2v) is 5.50. The fraction of sp³-hybridized carbons (Fsp3) is 0.300. The molecule has 0 amide bonds. The van der Waals surface area contributed by atoms with Crippen LogP contribution in [0, 0.1) is 6.92 Å². The Hall–Kier alpha value is -1.64. The highest BCUT2D eigenvalue weighted by Crippen LogP contribution is 2.19. The van der Waals surface area contributed by atoms with Crippen molar-refractivity contribution in [3.8, 4) is 0 Å². The van der Waals surface area contributed by atoms with Crippen LogP contribution < -0.4 is 10.5 Å². The molecule has 0 unspecified atom stereocenters. The van der Waals surface area contributed by atoms with Gasteiger partial charge in [-0.3, -0.25) is 5.10 Å². The Bertz CT molecular complexity index is 616. The zero-order valence-corrected chi connectivity index (χ0v) is 10.6. The smallest absolute Gasteiger partial charge is 0.244 e. The third-order valence-electron chi connectivity index (χ3n) is 2.44. The molecule has 4 N–H and O–H groups in total. The average molecular weight is 270 g/mol. The zero-order valence-electron chi connectivity index (χ0n) is 9.80. The Morgan fingerprint density at radius 1 is 1.56 bits per heavy atom. The number of hydrogen-bond donors (Lipinski definition) is 3. The summed E-state index contributed by atoms with van der Waals surface area (Å²) in [6.07, 6.45) is 3.17. The quantitative estimate of drug-likeness (QED) is 0.720. The van der Waals surface area contributed by atoms with Gasteiger partial charge in [-0.2, -0.15) is 5.10 Å². The maximum absolute atomic E-state index is 12.0. The van der Waals surface area contributed by atoms with E-state index in [4.69, 9.17) is 10.2 Å². The van der Waals surface area contributed by atoms with E-state index in [9.17, 15) is 8.42 Å². The molecule has 0 atom stereocenters. The summed E-state index contributed by atoms with van der Waals surface area (Å²) in [6.45, 7) is 1.92. The van der Waals surface area contributed by atoms with Crippen molar-refractivity contribution < 1.29 is 12.8 Å². The summed E-state index contributed by atoms with van der Waals surface area (Å²) in [6, 6.07) is 1.44. The standard InChI is InChI=1S/C10H14N4O3S/c1-7-10(2-9(3-11)17-7)18(15,16)14-6-8-4-12-13-5-8/h2,4-5,14H,3,6,11H2,1H3,(H,12,13). The molecule has 18 heavy (non-hydrogen) atoms. The molecule has 0 aliphatic rings. The molecular formula is C10H14N4O3S. The normalized spacial score (nSPS) is 11.9. The SMILES string of the molecule is Cc1oc(CN)cc1S(=O)(=O)NCc1cn[nH]c1. The van der Waals surface area contributed by atoms with E-state index in [0.717, 1.165) is 5.56 Å². The fourth-order valence-corrected chi connectivity index (χ4v) is 2.74. The topological polar surface area (TPSA) is 114 Å². The van der Waals surface area contributed by atoms with Gasteiger partial charge in [0.15, 0.2) is 0 Å². The van der Waals surface area contributed by atoms with Crippen molar-refractivity contribution in [1.29, 1.82) is 0 Å². The van der Waals surface area contributed by atoms with E-state index in [0.29, 0.717) is 11.5 Å². The molecule has 0 fully saturated rings. The van der Waals surface area contributed by atoms with E-state index in [1.54, 1.807) is 19.3 Å². The van der Waals surface area contributed by atoms with Crippen molar-refractivity contribution in [3.05, 3.63) is 35.5 Å². The summed E-state index contributed by atoms with van der Waals surface area (Å²) < 4.78 is 31.8. The van der Waals surface area contributed by atoms with Gasteiger partial charge in [0.05, 0.1) is 12.7 Å². The number of nitrogens with one attached hydrogen (secondary N) is 2. The number of furan rings is 1. The van der Waals surface area contributed by atoms with Gasteiger partial charge < -0.3 is 10.2 Å². The first-order chi connectivity index (χ1) is 8.53. The second-order valence-electron chi connectivity index (χ2n) is 3.77. The van der Waals surface area contributed by atoms with Crippen LogP contribution in [0.25, 0.3) is 0 Å². The lowest BCUT2D eigenvalue weighted by Crippen LogP contribution is -2.23. The monoisotopic (exact) mass is 270 g/mol. The van der Waals surface area contributed by atoms with Crippen molar-refractivity contribution in [3.63, 3.8) is 0 Å². The van der Waals surface area contributed by atoms with Gasteiger partial charge in [0.25, 0.3) is 0 Å². The van der Waals surface area contributed by atoms with Crippen LogP contribution in [-0.4, -0.2) is 18.6 Å². The van der Waals surface area contributed by atoms with Crippen LogP contribution in [0.5, 0.6) is 0 Å². The minimum absolute atomic E-state index is 0.117. The lowest BCUT2D eigenvalue weighted by molar-refractivity contribution is 0.478. The first-order valence-electron chi connectivity index (χ1n) is 5.29. The highest BCUT2D eigenvalue weighted by Gasteiger charge is 2.20. The molecule has 2 rings (SSSR count). The number of sulfonamides is 1. The number of aryl methyl sites for hydroxylation is 1. The predicted octanol–water partition coefficient (Wildman–Crippen LogP) is 0.248. The minimum Gasteiger partial charge on any atom is -0.464 e. The molecule has 0 aliphatic carbocycles. The molecule has 8 heteroatoms. The van der Waals surface area contributed by atoms with E-state index in [1.807, 2.05) is 0 Å². The Morgan fingerprint density at radius 2 is 2.33 bits per heavy atom. The van der Waals surface area contributed by atoms with Crippen molar-refractivity contribution >= 4 is 10.0 Å². The van der Waals surface area contributed by atoms with Crippen LogP contribution in [0.3, 0.4) is 0 Å². The van der Waals surface area contributed by atoms with Gasteiger partial charge in [-0.15, -0.1) is 0 Å². The van der Waals surface area contributed by atoms with Crippen molar-refractivity contribution in [2.75, 3.05) is 0 Å². The summed E-state index contributed by atoms with van der Waals surface area (Å²) >= 11 is 0. The van der Waals surface area contributed by atoms with Crippen molar-refractivity contribution in [1.82, 2.24) is 14.9 Å². The summed E-state index contributed by atoms with van der Waals surface area (Å²) in [4.78, 5) is 0.117. The molecule has 0 spiro atoms. The number of rotatable bonds is 5. The number of aromatic nitrogens is 2. The first-order valence-corrected chi connectivity index (χ1v) is 6.78. The average Bonchev–Trinajstić information content (AvgIpc) is 2.95. The zero-order chi connectivity index (χ0) is 13.2. The third-order valence-corrected chi connectivity index (χ3v) is 3.94. The van der Waals surface area contributed by atoms with Crippen LogP contribution in [-0.2, 0) is 23.1 Å². The lowest BCUT2D eigenvalue weighted by Gasteiger charge is -2.03. The molecule has 0 saturated heterocycles. The molecule has 0 radical (unpaired) electrons. The minimum atomic E-state index is -3.60. The number of hydrogen-bond acceptors (Lipinski definition) is 5. The van der Waals surface area contributed by atoms with E-state index in [-0.39, 0.29) is 18.0 Å². The van der Waals surface area contributed by atoms with E-state index in [1.165, 1.54) is 6.07 Å². The molecule has 0 bridgehead atoms. The molecule has 0 saturated carbocycles. The molecule has 7 nitrogen and oxygen atoms in total. The van der Waals surface area contributed by atoms with E-state index < -0.39 is 10.0 Å². The maximum Gasteiger partial charge on any atom is 0.244 e. The summed E-state index contributed by atoms with van der Waals surface area (Å²) in [5.74, 6) is 0.770. The highest BCUT2D eigenvalue weighted by atomic mass is 32.2. The molecule has 98 valence electrons. The predicted molar refractivity (Wildman–Crippen MR) is 63.9 cm³/mol. The van der Waals surface area contributed by atoms with E-state index >= 15 is 0 Å². The highest BCUT2D eigenvalue weighted by molar-refractivity contribution is 7.89. The van der Waals surface area contributed by atoms with Crippen molar-refractivity contribution in [2.45, 2.75) is 24.9 Å². The molecule has 2 aromatic rings. The van der Waals surface area contributed by atoms with Gasteiger partial charge in [-0.05, 0) is 6.92 Å². The van der Waals surface area contributed by atoms with Gasteiger partial charge in [-0.25, -0.2) is 13.1 Å². The van der Waals surface area contributed by atoms with Gasteiger partial charge in [0.1, 0.15) is 16.4 Å². The lowest BCUT2D eigenvalue weighted by atomic mass is 10.4. The van der Waals surface area contributed by atoms with Crippen LogP contribution in [0.2, 0.25) is 0 Å². The van der Waals surface area contributed by atoms with Gasteiger partial charge >= 0.3 is 0 Å². The third kappa shape index (κ3) is 2.61. The summed E-state index contributed by atoms with van der Waals surface area (Å²) in [5.41, 5.74) is 6.15. The van der Waals surface area contributed by atoms with E-state index in [2.05, 4.69) is 14.9 Å². The first kappa shape index (κ1) is 12.8. The van der Waals surface area contributed by atoms with Crippen molar-refractivity contribution in [2.24, 2.45) is 5.73 Å². The van der Waals surface area contributed by atoms with Gasteiger partial charge in [0.2, 0.25) is 10.0 Å². The molecular weight excluding hydrogens is 256 g/mol. The van der Waals surface area contributed by atoms with Crippen LogP contribution in [0.4, 0.5) is 0 Å². The molecule has 0 aromatic carbocycles. The second kappa shape index (κ2) is 4.92. The van der Waals surface area contributed by atoms with Crippen LogP contribution in [0.1, 0.15) is 17.1 Å². The Morgan fingerprint density at radius 3 is 2.89 bits per heavy atom. The van der Waals surface area contributed by atoms with Crippen LogP contribution >= 0.6 is 0 Å². The number of aromatic amines is 1. The molecule has 0 aliphatic heterocycles. The molecule has 2 heterocycles. The Balaban J connectivity index is 2.17. The maximum atomic E-state index is 12.0. The number of nitrogens with two attached hydrogens (primary N) is 1. The number of nitrogens with zero attached hydrogens (tertiary/aromatic N) is 1. The van der Waals surface area contributed by atoms with Gasteiger partial charge in [-0.1, -0.05) is 0 Å². The fourth-order valence-electron chi connectivity index (χ4n) is 1.52. The summed E-state index contributed by atoms with van der Waals surface area (Å²) in [5, 5.41) is 6.35. The Labute approximate surface area is 104 Å². The largest absolute Gasteiger partial charge is 0.464 e.